The Balaban J connectivity index is 0.00000324. The first-order chi connectivity index (χ1) is 8.63. The van der Waals surface area contributed by atoms with Crippen LogP contribution in [0, 0.1) is 0 Å². The summed E-state index contributed by atoms with van der Waals surface area (Å²) in [7, 11) is 0. The van der Waals surface area contributed by atoms with Gasteiger partial charge in [0.05, 0.1) is 13.2 Å². The molecule has 0 saturated heterocycles. The van der Waals surface area contributed by atoms with Crippen molar-refractivity contribution in [1.29, 1.82) is 0 Å². The van der Waals surface area contributed by atoms with E-state index in [1.807, 2.05) is 26.0 Å². The number of nitrogens with two attached hydrogens (primary N) is 1. The fourth-order valence-electron chi connectivity index (χ4n) is 1.28. The highest BCUT2D eigenvalue weighted by atomic mass is 127. The minimum absolute atomic E-state index is 0. The zero-order valence-corrected chi connectivity index (χ0v) is 13.7. The number of nitrogens with zero attached hydrogens (tertiary/aromatic N) is 2. The monoisotopic (exact) mass is 376 g/mol. The Kier molecular flexibility index (Phi) is 8.94. The standard InChI is InChI=1S/C13H20N4O.HI/c1-4-18-12-11(6-5-7-15-12)9-17-13(14)16-8-10(2)3;/h5-7H,2,4,8-9H2,1,3H3,(H3,14,16,17);1H. The van der Waals surface area contributed by atoms with Gasteiger partial charge in [0, 0.05) is 18.3 Å². The van der Waals surface area contributed by atoms with Crippen LogP contribution in [0.5, 0.6) is 5.88 Å². The lowest BCUT2D eigenvalue weighted by molar-refractivity contribution is 0.323. The van der Waals surface area contributed by atoms with Gasteiger partial charge in [-0.2, -0.15) is 0 Å². The fourth-order valence-corrected chi connectivity index (χ4v) is 1.28. The minimum atomic E-state index is 0. The summed E-state index contributed by atoms with van der Waals surface area (Å²) in [5.74, 6) is 1.00. The molecule has 5 nitrogen and oxygen atoms in total. The van der Waals surface area contributed by atoms with Crippen LogP contribution in [-0.2, 0) is 6.54 Å². The molecule has 0 bridgehead atoms. The molecule has 0 saturated carbocycles. The SMILES string of the molecule is C=C(C)CNC(N)=NCc1cccnc1OCC.I. The largest absolute Gasteiger partial charge is 0.478 e. The highest BCUT2D eigenvalue weighted by molar-refractivity contribution is 14.0. The van der Waals surface area contributed by atoms with Gasteiger partial charge in [0.2, 0.25) is 5.88 Å². The number of ether oxygens (including phenoxy) is 1. The minimum Gasteiger partial charge on any atom is -0.478 e. The molecule has 0 amide bonds. The Hall–Kier alpha value is -1.31. The van der Waals surface area contributed by atoms with Crippen LogP contribution in [0.2, 0.25) is 0 Å². The number of aromatic nitrogens is 1. The molecule has 1 rings (SSSR count). The first-order valence-corrected chi connectivity index (χ1v) is 5.88. The van der Waals surface area contributed by atoms with Crippen LogP contribution in [-0.4, -0.2) is 24.1 Å². The van der Waals surface area contributed by atoms with E-state index in [1.54, 1.807) is 6.20 Å². The predicted molar refractivity (Wildman–Crippen MR) is 89.0 cm³/mol. The van der Waals surface area contributed by atoms with Crippen LogP contribution in [0.1, 0.15) is 19.4 Å². The molecule has 1 aromatic rings. The topological polar surface area (TPSA) is 72.5 Å². The number of hydrogen-bond acceptors (Lipinski definition) is 3. The smallest absolute Gasteiger partial charge is 0.218 e. The van der Waals surface area contributed by atoms with Crippen molar-refractivity contribution in [2.45, 2.75) is 20.4 Å². The molecule has 0 fully saturated rings. The van der Waals surface area contributed by atoms with Crippen LogP contribution in [0.4, 0.5) is 0 Å². The summed E-state index contributed by atoms with van der Waals surface area (Å²) in [6.45, 7) is 9.28. The summed E-state index contributed by atoms with van der Waals surface area (Å²) in [6.07, 6.45) is 1.70. The van der Waals surface area contributed by atoms with Gasteiger partial charge in [0.15, 0.2) is 5.96 Å². The lowest BCUT2D eigenvalue weighted by Gasteiger charge is -2.08. The van der Waals surface area contributed by atoms with Crippen LogP contribution >= 0.6 is 24.0 Å². The van der Waals surface area contributed by atoms with Crippen LogP contribution in [0.3, 0.4) is 0 Å². The number of aliphatic imine (C=N–C) groups is 1. The zero-order chi connectivity index (χ0) is 13.4. The van der Waals surface area contributed by atoms with Crippen molar-refractivity contribution < 1.29 is 4.74 Å². The lowest BCUT2D eigenvalue weighted by atomic mass is 10.3. The maximum atomic E-state index is 5.73. The van der Waals surface area contributed by atoms with Gasteiger partial charge in [-0.1, -0.05) is 18.2 Å². The van der Waals surface area contributed by atoms with Crippen molar-refractivity contribution in [2.75, 3.05) is 13.2 Å². The maximum absolute atomic E-state index is 5.73. The van der Waals surface area contributed by atoms with Gasteiger partial charge in [-0.25, -0.2) is 9.98 Å². The molecule has 0 atom stereocenters. The van der Waals surface area contributed by atoms with Gasteiger partial charge in [-0.15, -0.1) is 24.0 Å². The first-order valence-electron chi connectivity index (χ1n) is 5.88. The zero-order valence-electron chi connectivity index (χ0n) is 11.3. The van der Waals surface area contributed by atoms with E-state index in [1.165, 1.54) is 0 Å². The summed E-state index contributed by atoms with van der Waals surface area (Å²) in [4.78, 5) is 8.39. The van der Waals surface area contributed by atoms with E-state index in [4.69, 9.17) is 10.5 Å². The molecule has 1 heterocycles. The Morgan fingerprint density at radius 1 is 1.58 bits per heavy atom. The van der Waals surface area contributed by atoms with Crippen molar-refractivity contribution in [3.63, 3.8) is 0 Å². The lowest BCUT2D eigenvalue weighted by Crippen LogP contribution is -2.32. The van der Waals surface area contributed by atoms with Gasteiger partial charge < -0.3 is 15.8 Å². The molecule has 106 valence electrons. The van der Waals surface area contributed by atoms with Gasteiger partial charge in [-0.05, 0) is 19.9 Å². The Morgan fingerprint density at radius 2 is 2.32 bits per heavy atom. The van der Waals surface area contributed by atoms with Gasteiger partial charge in [0.25, 0.3) is 0 Å². The molecule has 1 aromatic heterocycles. The number of guanidine groups is 1. The quantitative estimate of drug-likeness (QED) is 0.345. The van der Waals surface area contributed by atoms with Crippen molar-refractivity contribution in [1.82, 2.24) is 10.3 Å². The molecule has 3 N–H and O–H groups in total. The van der Waals surface area contributed by atoms with E-state index in [0.717, 1.165) is 11.1 Å². The fraction of sp³-hybridized carbons (Fsp3) is 0.385. The third-order valence-corrected chi connectivity index (χ3v) is 2.12. The number of nitrogens with one attached hydrogen (secondary N) is 1. The highest BCUT2D eigenvalue weighted by Crippen LogP contribution is 2.14. The van der Waals surface area contributed by atoms with Crippen molar-refractivity contribution in [3.8, 4) is 5.88 Å². The second-order valence-corrected chi connectivity index (χ2v) is 3.91. The number of halogens is 1. The summed E-state index contributed by atoms with van der Waals surface area (Å²) in [5, 5.41) is 2.97. The molecule has 0 aliphatic rings. The van der Waals surface area contributed by atoms with Crippen LogP contribution < -0.4 is 15.8 Å². The maximum Gasteiger partial charge on any atom is 0.218 e. The summed E-state index contributed by atoms with van der Waals surface area (Å²) in [5.41, 5.74) is 7.65. The van der Waals surface area contributed by atoms with Crippen molar-refractivity contribution in [3.05, 3.63) is 36.0 Å². The van der Waals surface area contributed by atoms with E-state index in [2.05, 4.69) is 21.9 Å². The molecule has 0 aliphatic carbocycles. The second kappa shape index (κ2) is 9.60. The molecular weight excluding hydrogens is 355 g/mol. The highest BCUT2D eigenvalue weighted by Gasteiger charge is 2.03. The summed E-state index contributed by atoms with van der Waals surface area (Å²) in [6, 6.07) is 3.78. The predicted octanol–water partition coefficient (Wildman–Crippen LogP) is 2.08. The number of rotatable bonds is 6. The molecule has 19 heavy (non-hydrogen) atoms. The van der Waals surface area contributed by atoms with Crippen LogP contribution in [0.25, 0.3) is 0 Å². The molecule has 0 spiro atoms. The Morgan fingerprint density at radius 3 is 2.95 bits per heavy atom. The molecule has 0 aromatic carbocycles. The molecule has 6 heteroatoms. The van der Waals surface area contributed by atoms with Crippen molar-refractivity contribution in [2.24, 2.45) is 10.7 Å². The first kappa shape index (κ1) is 17.7. The average Bonchev–Trinajstić information content (AvgIpc) is 2.35. The van der Waals surface area contributed by atoms with E-state index < -0.39 is 0 Å². The Labute approximate surface area is 131 Å². The van der Waals surface area contributed by atoms with E-state index in [9.17, 15) is 0 Å². The number of pyridine rings is 1. The van der Waals surface area contributed by atoms with Gasteiger partial charge in [0.1, 0.15) is 0 Å². The molecule has 0 radical (unpaired) electrons. The summed E-state index contributed by atoms with van der Waals surface area (Å²) >= 11 is 0. The van der Waals surface area contributed by atoms with Crippen molar-refractivity contribution >= 4 is 29.9 Å². The van der Waals surface area contributed by atoms with Gasteiger partial charge >= 0.3 is 0 Å². The van der Waals surface area contributed by atoms with E-state index in [-0.39, 0.29) is 24.0 Å². The van der Waals surface area contributed by atoms with E-state index >= 15 is 0 Å². The summed E-state index contributed by atoms with van der Waals surface area (Å²) < 4.78 is 5.41. The third kappa shape index (κ3) is 7.00. The molecule has 0 aliphatic heterocycles. The normalized spacial score (nSPS) is 10.5. The average molecular weight is 376 g/mol. The third-order valence-electron chi connectivity index (χ3n) is 2.12. The van der Waals surface area contributed by atoms with Gasteiger partial charge in [-0.3, -0.25) is 0 Å². The van der Waals surface area contributed by atoms with Crippen LogP contribution in [0.15, 0.2) is 35.5 Å². The molecular formula is C13H21IN4O. The second-order valence-electron chi connectivity index (χ2n) is 3.91. The Bertz CT molecular complexity index is 434. The number of hydrogen-bond donors (Lipinski definition) is 2. The van der Waals surface area contributed by atoms with E-state index in [0.29, 0.717) is 31.5 Å². The molecule has 0 unspecified atom stereocenters.